The third-order valence-electron chi connectivity index (χ3n) is 2.32. The van der Waals surface area contributed by atoms with Gasteiger partial charge in [0, 0.05) is 6.21 Å². The Hall–Kier alpha value is -0.790. The van der Waals surface area contributed by atoms with Crippen LogP contribution < -0.4 is 5.43 Å². The standard InChI is InChI=1S/C10H18N2/c1-8(2)9-7-10(3,4)5-6-11-12-9/h6,9,12H,1,5,7H2,2-4H3. The molecule has 0 aromatic rings. The van der Waals surface area contributed by atoms with Crippen molar-refractivity contribution in [1.29, 1.82) is 0 Å². The highest BCUT2D eigenvalue weighted by Crippen LogP contribution is 2.28. The van der Waals surface area contributed by atoms with Gasteiger partial charge in [-0.3, -0.25) is 0 Å². The molecule has 1 rings (SSSR count). The molecular formula is C10H18N2. The average Bonchev–Trinajstić information content (AvgIpc) is 2.10. The van der Waals surface area contributed by atoms with Gasteiger partial charge in [-0.05, 0) is 25.2 Å². The third-order valence-corrected chi connectivity index (χ3v) is 2.32. The molecule has 1 N–H and O–H groups in total. The van der Waals surface area contributed by atoms with Gasteiger partial charge in [0.15, 0.2) is 0 Å². The van der Waals surface area contributed by atoms with E-state index in [2.05, 4.69) is 37.9 Å². The van der Waals surface area contributed by atoms with Crippen molar-refractivity contribution in [3.05, 3.63) is 12.2 Å². The fourth-order valence-electron chi connectivity index (χ4n) is 1.40. The summed E-state index contributed by atoms with van der Waals surface area (Å²) in [6, 6.07) is 0.346. The van der Waals surface area contributed by atoms with E-state index in [1.165, 1.54) is 5.57 Å². The average molecular weight is 166 g/mol. The van der Waals surface area contributed by atoms with Crippen LogP contribution in [0.1, 0.15) is 33.6 Å². The van der Waals surface area contributed by atoms with Crippen molar-refractivity contribution in [2.24, 2.45) is 10.5 Å². The first-order valence-corrected chi connectivity index (χ1v) is 4.44. The molecule has 0 saturated heterocycles. The van der Waals surface area contributed by atoms with Crippen molar-refractivity contribution < 1.29 is 0 Å². The van der Waals surface area contributed by atoms with Crippen LogP contribution in [-0.2, 0) is 0 Å². The molecule has 0 bridgehead atoms. The summed E-state index contributed by atoms with van der Waals surface area (Å²) in [6.45, 7) is 10.5. The van der Waals surface area contributed by atoms with E-state index < -0.39 is 0 Å². The molecule has 1 heterocycles. The second-order valence-electron chi connectivity index (χ2n) is 4.41. The van der Waals surface area contributed by atoms with Gasteiger partial charge in [0.1, 0.15) is 0 Å². The molecule has 0 aliphatic carbocycles. The van der Waals surface area contributed by atoms with E-state index in [4.69, 9.17) is 0 Å². The summed E-state index contributed by atoms with van der Waals surface area (Å²) < 4.78 is 0. The molecule has 0 aromatic carbocycles. The molecule has 0 radical (unpaired) electrons. The van der Waals surface area contributed by atoms with Crippen LogP contribution in [0.15, 0.2) is 17.3 Å². The van der Waals surface area contributed by atoms with E-state index in [1.807, 2.05) is 6.21 Å². The fourth-order valence-corrected chi connectivity index (χ4v) is 1.40. The molecule has 0 amide bonds. The van der Waals surface area contributed by atoms with Crippen molar-refractivity contribution in [3.8, 4) is 0 Å². The topological polar surface area (TPSA) is 24.4 Å². The monoisotopic (exact) mass is 166 g/mol. The second kappa shape index (κ2) is 3.30. The van der Waals surface area contributed by atoms with Crippen LogP contribution in [-0.4, -0.2) is 12.3 Å². The lowest BCUT2D eigenvalue weighted by Crippen LogP contribution is -2.28. The summed E-state index contributed by atoms with van der Waals surface area (Å²) in [5.74, 6) is 0. The molecule has 0 spiro atoms. The summed E-state index contributed by atoms with van der Waals surface area (Å²) in [6.07, 6.45) is 4.12. The summed E-state index contributed by atoms with van der Waals surface area (Å²) in [4.78, 5) is 0. The Labute approximate surface area is 74.7 Å². The van der Waals surface area contributed by atoms with E-state index in [-0.39, 0.29) is 0 Å². The van der Waals surface area contributed by atoms with Crippen LogP contribution in [0.5, 0.6) is 0 Å². The van der Waals surface area contributed by atoms with Gasteiger partial charge in [0.25, 0.3) is 0 Å². The zero-order valence-electron chi connectivity index (χ0n) is 8.22. The van der Waals surface area contributed by atoms with Crippen LogP contribution in [0, 0.1) is 5.41 Å². The summed E-state index contributed by atoms with van der Waals surface area (Å²) >= 11 is 0. The predicted octanol–water partition coefficient (Wildman–Crippen LogP) is 2.33. The summed E-state index contributed by atoms with van der Waals surface area (Å²) in [5.41, 5.74) is 4.62. The van der Waals surface area contributed by atoms with Gasteiger partial charge in [-0.2, -0.15) is 5.10 Å². The number of rotatable bonds is 1. The molecule has 0 aromatic heterocycles. The van der Waals surface area contributed by atoms with Crippen LogP contribution in [0.4, 0.5) is 0 Å². The Kier molecular flexibility index (Phi) is 2.55. The normalized spacial score (nSPS) is 27.4. The van der Waals surface area contributed by atoms with Crippen molar-refractivity contribution in [1.82, 2.24) is 5.43 Å². The maximum Gasteiger partial charge on any atom is 0.0649 e. The largest absolute Gasteiger partial charge is 0.303 e. The molecule has 68 valence electrons. The number of hydrogen-bond donors (Lipinski definition) is 1. The van der Waals surface area contributed by atoms with Crippen LogP contribution >= 0.6 is 0 Å². The first kappa shape index (κ1) is 9.30. The van der Waals surface area contributed by atoms with E-state index in [0.717, 1.165) is 12.8 Å². The minimum atomic E-state index is 0.344. The maximum atomic E-state index is 4.13. The highest BCUT2D eigenvalue weighted by atomic mass is 15.3. The first-order chi connectivity index (χ1) is 5.51. The number of nitrogens with zero attached hydrogens (tertiary/aromatic N) is 1. The smallest absolute Gasteiger partial charge is 0.0649 e. The van der Waals surface area contributed by atoms with Gasteiger partial charge in [-0.25, -0.2) is 0 Å². The van der Waals surface area contributed by atoms with E-state index in [9.17, 15) is 0 Å². The molecule has 2 heteroatoms. The number of nitrogens with one attached hydrogen (secondary N) is 1. The Morgan fingerprint density at radius 3 is 2.92 bits per heavy atom. The second-order valence-corrected chi connectivity index (χ2v) is 4.41. The van der Waals surface area contributed by atoms with Crippen LogP contribution in [0.2, 0.25) is 0 Å². The lowest BCUT2D eigenvalue weighted by atomic mass is 9.82. The van der Waals surface area contributed by atoms with Gasteiger partial charge in [-0.15, -0.1) is 0 Å². The summed E-state index contributed by atoms with van der Waals surface area (Å²) in [7, 11) is 0. The van der Waals surface area contributed by atoms with Gasteiger partial charge in [0.05, 0.1) is 6.04 Å². The van der Waals surface area contributed by atoms with Crippen molar-refractivity contribution in [2.45, 2.75) is 39.7 Å². The molecule has 1 aliphatic heterocycles. The van der Waals surface area contributed by atoms with Gasteiger partial charge < -0.3 is 5.43 Å². The SMILES string of the molecule is C=C(C)C1CC(C)(C)CC=NN1. The lowest BCUT2D eigenvalue weighted by Gasteiger charge is -2.25. The third kappa shape index (κ3) is 2.36. The molecular weight excluding hydrogens is 148 g/mol. The van der Waals surface area contributed by atoms with E-state index in [0.29, 0.717) is 11.5 Å². The Morgan fingerprint density at radius 2 is 2.33 bits per heavy atom. The van der Waals surface area contributed by atoms with Crippen LogP contribution in [0.25, 0.3) is 0 Å². The maximum absolute atomic E-state index is 4.13. The molecule has 12 heavy (non-hydrogen) atoms. The predicted molar refractivity (Wildman–Crippen MR) is 53.2 cm³/mol. The molecule has 1 aliphatic rings. The minimum Gasteiger partial charge on any atom is -0.303 e. The van der Waals surface area contributed by atoms with Crippen molar-refractivity contribution in [2.75, 3.05) is 0 Å². The molecule has 1 atom stereocenters. The van der Waals surface area contributed by atoms with Gasteiger partial charge in [0.2, 0.25) is 0 Å². The minimum absolute atomic E-state index is 0.344. The zero-order valence-corrected chi connectivity index (χ0v) is 8.22. The Bertz CT molecular complexity index is 204. The fraction of sp³-hybridized carbons (Fsp3) is 0.700. The molecule has 0 saturated carbocycles. The van der Waals surface area contributed by atoms with E-state index in [1.54, 1.807) is 0 Å². The zero-order chi connectivity index (χ0) is 9.19. The number of hydrogen-bond acceptors (Lipinski definition) is 2. The quantitative estimate of drug-likeness (QED) is 0.594. The summed E-state index contributed by atoms with van der Waals surface area (Å²) in [5, 5.41) is 4.13. The van der Waals surface area contributed by atoms with E-state index >= 15 is 0 Å². The lowest BCUT2D eigenvalue weighted by molar-refractivity contribution is 0.323. The van der Waals surface area contributed by atoms with Crippen LogP contribution in [0.3, 0.4) is 0 Å². The highest BCUT2D eigenvalue weighted by molar-refractivity contribution is 5.58. The highest BCUT2D eigenvalue weighted by Gasteiger charge is 2.24. The van der Waals surface area contributed by atoms with Crippen molar-refractivity contribution >= 4 is 6.21 Å². The number of hydrazone groups is 1. The first-order valence-electron chi connectivity index (χ1n) is 4.44. The molecule has 0 fully saturated rings. The Morgan fingerprint density at radius 1 is 1.67 bits per heavy atom. The molecule has 1 unspecified atom stereocenters. The van der Waals surface area contributed by atoms with Gasteiger partial charge >= 0.3 is 0 Å². The van der Waals surface area contributed by atoms with Gasteiger partial charge in [-0.1, -0.05) is 26.0 Å². The molecule has 2 nitrogen and oxygen atoms in total. The Balaban J connectivity index is 2.68. The van der Waals surface area contributed by atoms with Crippen molar-refractivity contribution in [3.63, 3.8) is 0 Å².